The Hall–Kier alpha value is -2.15. The summed E-state index contributed by atoms with van der Waals surface area (Å²) in [6, 6.07) is 0. The average Bonchev–Trinajstić information content (AvgIpc) is 2.54. The summed E-state index contributed by atoms with van der Waals surface area (Å²) in [5.74, 6) is -2.48. The number of ketones is 1. The summed E-state index contributed by atoms with van der Waals surface area (Å²) in [4.78, 5) is 34.1. The van der Waals surface area contributed by atoms with Crippen LogP contribution in [0.4, 0.5) is 5.69 Å². The number of amides is 1. The van der Waals surface area contributed by atoms with E-state index in [-0.39, 0.29) is 22.6 Å². The third-order valence-corrected chi connectivity index (χ3v) is 3.66. The van der Waals surface area contributed by atoms with E-state index in [1.165, 1.54) is 6.08 Å². The minimum atomic E-state index is -1.30. The summed E-state index contributed by atoms with van der Waals surface area (Å²) in [7, 11) is 0. The molecule has 0 radical (unpaired) electrons. The molecule has 0 fully saturated rings. The normalized spacial score (nSPS) is 14.1. The minimum absolute atomic E-state index is 0.0599. The lowest BCUT2D eigenvalue weighted by molar-refractivity contribution is -0.134. The molecular formula is C10H8N2O4S. The molecule has 0 saturated carbocycles. The lowest BCUT2D eigenvalue weighted by Gasteiger charge is -2.08. The zero-order chi connectivity index (χ0) is 12.7. The van der Waals surface area contributed by atoms with E-state index < -0.39 is 17.7 Å². The smallest absolute Gasteiger partial charge is 0.339 e. The predicted molar refractivity (Wildman–Crippen MR) is 61.6 cm³/mol. The first-order valence-corrected chi connectivity index (χ1v) is 5.42. The van der Waals surface area contributed by atoms with Gasteiger partial charge >= 0.3 is 5.97 Å². The van der Waals surface area contributed by atoms with E-state index in [9.17, 15) is 14.4 Å². The van der Waals surface area contributed by atoms with Crippen molar-refractivity contribution in [2.45, 2.75) is 6.42 Å². The minimum Gasteiger partial charge on any atom is -0.478 e. The largest absolute Gasteiger partial charge is 0.478 e. The first-order valence-electron chi connectivity index (χ1n) is 4.61. The van der Waals surface area contributed by atoms with Crippen molar-refractivity contribution < 1.29 is 19.5 Å². The number of fused-ring (bicyclic) bond motifs is 1. The maximum absolute atomic E-state index is 11.5. The summed E-state index contributed by atoms with van der Waals surface area (Å²) in [6.07, 6.45) is 1.14. The van der Waals surface area contributed by atoms with Crippen LogP contribution in [0.25, 0.3) is 6.08 Å². The molecule has 1 aliphatic rings. The number of Topliss-reactive ketones (excluding diaryl/α,β-unsaturated/α-hetero) is 1. The Balaban J connectivity index is 2.62. The molecule has 1 heterocycles. The quantitative estimate of drug-likeness (QED) is 0.640. The highest BCUT2D eigenvalue weighted by Crippen LogP contribution is 2.36. The number of hydrogen-bond donors (Lipinski definition) is 3. The number of rotatable bonds is 2. The Bertz CT molecular complexity index is 585. The van der Waals surface area contributed by atoms with Gasteiger partial charge in [-0.25, -0.2) is 4.79 Å². The first kappa shape index (κ1) is 11.3. The Morgan fingerprint density at radius 1 is 1.41 bits per heavy atom. The fraction of sp³-hybridized carbons (Fsp3) is 0.100. The molecule has 1 aliphatic carbocycles. The monoisotopic (exact) mass is 252 g/mol. The van der Waals surface area contributed by atoms with Crippen LogP contribution in [0.15, 0.2) is 5.57 Å². The number of carbonyl (C=O) groups excluding carboxylic acids is 2. The van der Waals surface area contributed by atoms with Crippen molar-refractivity contribution in [1.82, 2.24) is 0 Å². The molecule has 1 aromatic rings. The maximum atomic E-state index is 11.5. The van der Waals surface area contributed by atoms with Crippen LogP contribution in [0.5, 0.6) is 0 Å². The average molecular weight is 252 g/mol. The van der Waals surface area contributed by atoms with Gasteiger partial charge in [-0.2, -0.15) is 0 Å². The van der Waals surface area contributed by atoms with Crippen LogP contribution in [0.3, 0.4) is 0 Å². The Kier molecular flexibility index (Phi) is 2.47. The number of primary amides is 1. The van der Waals surface area contributed by atoms with Crippen LogP contribution in [0, 0.1) is 0 Å². The standard InChI is InChI=1S/C10H8N2O4S/c11-7-4-1-3(10(15)16)5(13)2-6(4)17-8(7)9(12)14/h1H,2,11H2,(H2,12,14)(H,15,16). The number of anilines is 1. The topological polar surface area (TPSA) is 123 Å². The number of nitrogen functional groups attached to an aromatic ring is 1. The van der Waals surface area contributed by atoms with Gasteiger partial charge in [0.2, 0.25) is 0 Å². The lowest BCUT2D eigenvalue weighted by atomic mass is 9.96. The molecule has 17 heavy (non-hydrogen) atoms. The second-order valence-corrected chi connectivity index (χ2v) is 4.61. The molecule has 2 rings (SSSR count). The third kappa shape index (κ3) is 1.70. The Morgan fingerprint density at radius 2 is 2.06 bits per heavy atom. The molecule has 7 heteroatoms. The van der Waals surface area contributed by atoms with Crippen molar-refractivity contribution in [1.29, 1.82) is 0 Å². The summed E-state index contributed by atoms with van der Waals surface area (Å²) in [5, 5.41) is 8.82. The van der Waals surface area contributed by atoms with Crippen molar-refractivity contribution in [3.8, 4) is 0 Å². The molecule has 0 atom stereocenters. The number of carboxylic acids is 1. The fourth-order valence-corrected chi connectivity index (χ4v) is 2.67. The molecule has 1 amide bonds. The highest BCUT2D eigenvalue weighted by Gasteiger charge is 2.28. The number of carbonyl (C=O) groups is 3. The molecule has 0 bridgehead atoms. The van der Waals surface area contributed by atoms with Gasteiger partial charge in [0.15, 0.2) is 5.78 Å². The third-order valence-electron chi connectivity index (χ3n) is 2.42. The van der Waals surface area contributed by atoms with E-state index in [4.69, 9.17) is 16.6 Å². The Labute approximate surface area is 99.5 Å². The molecular weight excluding hydrogens is 244 g/mol. The number of hydrogen-bond acceptors (Lipinski definition) is 5. The first-order chi connectivity index (χ1) is 7.91. The molecule has 0 spiro atoms. The van der Waals surface area contributed by atoms with E-state index in [1.807, 2.05) is 0 Å². The van der Waals surface area contributed by atoms with Crippen molar-refractivity contribution in [2.75, 3.05) is 5.73 Å². The van der Waals surface area contributed by atoms with Crippen LogP contribution >= 0.6 is 11.3 Å². The molecule has 0 aliphatic heterocycles. The van der Waals surface area contributed by atoms with E-state index in [1.54, 1.807) is 0 Å². The summed E-state index contributed by atoms with van der Waals surface area (Å²) >= 11 is 1.03. The predicted octanol–water partition coefficient (Wildman–Crippen LogP) is 0.0224. The van der Waals surface area contributed by atoms with Gasteiger partial charge in [-0.1, -0.05) is 0 Å². The van der Waals surface area contributed by atoms with Crippen molar-refractivity contribution in [2.24, 2.45) is 5.73 Å². The van der Waals surface area contributed by atoms with E-state index >= 15 is 0 Å². The van der Waals surface area contributed by atoms with Crippen molar-refractivity contribution in [3.63, 3.8) is 0 Å². The zero-order valence-electron chi connectivity index (χ0n) is 8.52. The summed E-state index contributed by atoms with van der Waals surface area (Å²) in [5.41, 5.74) is 11.1. The van der Waals surface area contributed by atoms with Crippen LogP contribution in [0.2, 0.25) is 0 Å². The molecule has 5 N–H and O–H groups in total. The van der Waals surface area contributed by atoms with Gasteiger partial charge in [0.1, 0.15) is 10.5 Å². The maximum Gasteiger partial charge on any atom is 0.339 e. The van der Waals surface area contributed by atoms with Crippen molar-refractivity contribution in [3.05, 3.63) is 20.9 Å². The van der Waals surface area contributed by atoms with Crippen molar-refractivity contribution >= 4 is 40.8 Å². The highest BCUT2D eigenvalue weighted by molar-refractivity contribution is 7.15. The fourth-order valence-electron chi connectivity index (χ4n) is 1.63. The van der Waals surface area contributed by atoms with Gasteiger partial charge in [0.05, 0.1) is 5.69 Å². The highest BCUT2D eigenvalue weighted by atomic mass is 32.1. The van der Waals surface area contributed by atoms with E-state index in [0.29, 0.717) is 10.4 Å². The number of aliphatic carboxylic acids is 1. The summed E-state index contributed by atoms with van der Waals surface area (Å²) in [6.45, 7) is 0. The van der Waals surface area contributed by atoms with Crippen LogP contribution in [0.1, 0.15) is 20.1 Å². The molecule has 1 aromatic heterocycles. The number of carboxylic acid groups (broad SMARTS) is 1. The van der Waals surface area contributed by atoms with E-state index in [2.05, 4.69) is 0 Å². The second kappa shape index (κ2) is 3.70. The van der Waals surface area contributed by atoms with Gasteiger partial charge in [-0.15, -0.1) is 11.3 Å². The molecule has 6 nitrogen and oxygen atoms in total. The number of thiophene rings is 1. The number of nitrogens with two attached hydrogens (primary N) is 2. The Morgan fingerprint density at radius 3 is 2.59 bits per heavy atom. The molecule has 0 unspecified atom stereocenters. The van der Waals surface area contributed by atoms with Gasteiger partial charge in [-0.05, 0) is 6.08 Å². The van der Waals surface area contributed by atoms with Crippen LogP contribution in [-0.2, 0) is 16.0 Å². The molecule has 0 saturated heterocycles. The molecule has 0 aromatic carbocycles. The SMILES string of the molecule is NC(=O)c1sc2c(c1N)C=C(C(=O)O)C(=O)C2. The van der Waals surface area contributed by atoms with Crippen LogP contribution < -0.4 is 11.5 Å². The summed E-state index contributed by atoms with van der Waals surface area (Å²) < 4.78 is 0. The molecule has 88 valence electrons. The van der Waals surface area contributed by atoms with Gasteiger partial charge < -0.3 is 16.6 Å². The zero-order valence-corrected chi connectivity index (χ0v) is 9.34. The second-order valence-electron chi connectivity index (χ2n) is 3.51. The van der Waals surface area contributed by atoms with E-state index in [0.717, 1.165) is 11.3 Å². The lowest BCUT2D eigenvalue weighted by Crippen LogP contribution is -2.17. The van der Waals surface area contributed by atoms with Crippen LogP contribution in [-0.4, -0.2) is 22.8 Å². The van der Waals surface area contributed by atoms with Gasteiger partial charge in [-0.3, -0.25) is 9.59 Å². The van der Waals surface area contributed by atoms with Gasteiger partial charge in [0, 0.05) is 16.9 Å². The van der Waals surface area contributed by atoms with Gasteiger partial charge in [0.25, 0.3) is 5.91 Å².